The first-order chi connectivity index (χ1) is 17.7. The average molecular weight is 530 g/mol. The summed E-state index contributed by atoms with van der Waals surface area (Å²) in [5, 5.41) is 45.0. The maximum Gasteiger partial charge on any atom is 0.320 e. The number of ether oxygens (including phenoxy) is 1. The van der Waals surface area contributed by atoms with E-state index in [1.165, 1.54) is 30.0 Å². The monoisotopic (exact) mass is 529 g/mol. The number of primary amides is 1. The Morgan fingerprint density at radius 1 is 1.11 bits per heavy atom. The first-order valence-electron chi connectivity index (χ1n) is 12.0. The molecule has 0 saturated heterocycles. The molecule has 0 bridgehead atoms. The maximum absolute atomic E-state index is 13.7. The number of phenols is 1. The lowest BCUT2D eigenvalue weighted by Crippen LogP contribution is -2.69. The molecular formula is C26H31N3O9. The van der Waals surface area contributed by atoms with Gasteiger partial charge in [-0.2, -0.15) is 0 Å². The number of hydrogen-bond acceptors (Lipinski definition) is 11. The Morgan fingerprint density at radius 3 is 2.29 bits per heavy atom. The first kappa shape index (κ1) is 27.3. The van der Waals surface area contributed by atoms with E-state index in [9.17, 15) is 39.6 Å². The number of rotatable bonds is 5. The molecule has 3 aliphatic carbocycles. The third kappa shape index (κ3) is 3.70. The number of aliphatic hydroxyl groups excluding tert-OH is 2. The third-order valence-electron chi connectivity index (χ3n) is 7.68. The molecule has 6 N–H and O–H groups in total. The second-order valence-electron chi connectivity index (χ2n) is 10.5. The zero-order valence-electron chi connectivity index (χ0n) is 21.6. The number of hydrogen-bond donors (Lipinski definition) is 5. The van der Waals surface area contributed by atoms with Crippen molar-refractivity contribution in [1.82, 2.24) is 9.80 Å². The van der Waals surface area contributed by atoms with E-state index >= 15 is 0 Å². The Morgan fingerprint density at radius 2 is 1.74 bits per heavy atom. The summed E-state index contributed by atoms with van der Waals surface area (Å²) in [6.07, 6.45) is -1.43. The molecule has 0 heterocycles. The second kappa shape index (κ2) is 9.22. The fourth-order valence-electron chi connectivity index (χ4n) is 6.14. The van der Waals surface area contributed by atoms with Crippen molar-refractivity contribution in [1.29, 1.82) is 0 Å². The van der Waals surface area contributed by atoms with Crippen LogP contribution in [0.25, 0.3) is 0 Å². The molecule has 0 aromatic heterocycles. The molecule has 0 saturated carbocycles. The number of likely N-dealkylation sites (N-methyl/N-ethyl adjacent to an activating group) is 2. The van der Waals surface area contributed by atoms with Gasteiger partial charge in [-0.25, -0.2) is 0 Å². The van der Waals surface area contributed by atoms with E-state index in [4.69, 9.17) is 10.5 Å². The van der Waals surface area contributed by atoms with Gasteiger partial charge < -0.3 is 30.9 Å². The Hall–Kier alpha value is -3.74. The minimum absolute atomic E-state index is 0.126. The second-order valence-corrected chi connectivity index (χ2v) is 10.5. The van der Waals surface area contributed by atoms with Crippen LogP contribution in [0, 0.1) is 11.8 Å². The number of benzene rings is 1. The largest absolute Gasteiger partial charge is 0.510 e. The number of ketones is 2. The molecule has 0 fully saturated rings. The number of carbonyl (C=O) groups excluding carboxylic acids is 4. The summed E-state index contributed by atoms with van der Waals surface area (Å²) in [5.74, 6) is -9.83. The molecule has 0 radical (unpaired) electrons. The third-order valence-corrected chi connectivity index (χ3v) is 7.68. The van der Waals surface area contributed by atoms with Gasteiger partial charge in [0.15, 0.2) is 11.4 Å². The minimum atomic E-state index is -2.96. The highest BCUT2D eigenvalue weighted by atomic mass is 16.5. The van der Waals surface area contributed by atoms with Crippen LogP contribution in [0.1, 0.15) is 28.8 Å². The zero-order valence-corrected chi connectivity index (χ0v) is 21.6. The summed E-state index contributed by atoms with van der Waals surface area (Å²) in [5.41, 5.74) is 1.34. The van der Waals surface area contributed by atoms with Gasteiger partial charge in [-0.05, 0) is 45.7 Å². The SMILES string of the molecule is C[C@@H]1c2cccc(O)c2C(=O)C2=C(O)[C@]3(O)C(=O)C(C(N)=O)=C(O)[C@H](N(C)C)[C@H]3[C@H](OC(=O)CN(C)C)[C@H]21. The van der Waals surface area contributed by atoms with Crippen LogP contribution in [-0.4, -0.2) is 106 Å². The summed E-state index contributed by atoms with van der Waals surface area (Å²) in [7, 11) is 6.24. The molecular weight excluding hydrogens is 498 g/mol. The number of Topliss-reactive ketones (excluding diaryl/α,β-unsaturated/α-hetero) is 2. The van der Waals surface area contributed by atoms with Crippen LogP contribution in [0.5, 0.6) is 5.75 Å². The average Bonchev–Trinajstić information content (AvgIpc) is 2.80. The predicted molar refractivity (Wildman–Crippen MR) is 132 cm³/mol. The van der Waals surface area contributed by atoms with Gasteiger partial charge in [-0.1, -0.05) is 19.1 Å². The van der Waals surface area contributed by atoms with Crippen LogP contribution in [0.4, 0.5) is 0 Å². The van der Waals surface area contributed by atoms with Crippen LogP contribution in [0.2, 0.25) is 0 Å². The summed E-state index contributed by atoms with van der Waals surface area (Å²) in [6, 6.07) is 3.12. The molecule has 3 aliphatic rings. The van der Waals surface area contributed by atoms with E-state index in [0.717, 1.165) is 0 Å². The lowest BCUT2D eigenvalue weighted by Gasteiger charge is -2.54. The molecule has 12 nitrogen and oxygen atoms in total. The maximum atomic E-state index is 13.7. The Bertz CT molecular complexity index is 1310. The fourth-order valence-corrected chi connectivity index (χ4v) is 6.14. The van der Waals surface area contributed by atoms with Crippen molar-refractivity contribution in [3.05, 3.63) is 52.0 Å². The predicted octanol–water partition coefficient (Wildman–Crippen LogP) is -0.235. The number of carbonyl (C=O) groups is 4. The van der Waals surface area contributed by atoms with Crippen molar-refractivity contribution in [3.8, 4) is 5.75 Å². The van der Waals surface area contributed by atoms with Gasteiger partial charge in [0.1, 0.15) is 28.9 Å². The smallest absolute Gasteiger partial charge is 0.320 e. The number of amides is 1. The molecule has 4 rings (SSSR count). The number of aromatic hydroxyl groups is 1. The quantitative estimate of drug-likeness (QED) is 0.250. The van der Waals surface area contributed by atoms with E-state index in [1.54, 1.807) is 33.2 Å². The molecule has 0 spiro atoms. The molecule has 6 atom stereocenters. The number of esters is 1. The van der Waals surface area contributed by atoms with Crippen LogP contribution in [0.15, 0.2) is 40.9 Å². The molecule has 12 heteroatoms. The first-order valence-corrected chi connectivity index (χ1v) is 12.0. The van der Waals surface area contributed by atoms with Crippen LogP contribution in [0.3, 0.4) is 0 Å². The summed E-state index contributed by atoms with van der Waals surface area (Å²) >= 11 is 0. The molecule has 1 aromatic rings. The number of aliphatic hydroxyl groups is 3. The van der Waals surface area contributed by atoms with Crippen molar-refractivity contribution in [3.63, 3.8) is 0 Å². The van der Waals surface area contributed by atoms with Crippen LogP contribution < -0.4 is 5.73 Å². The number of fused-ring (bicyclic) bond motifs is 3. The lowest BCUT2D eigenvalue weighted by molar-refractivity contribution is -0.181. The molecule has 38 heavy (non-hydrogen) atoms. The molecule has 1 aromatic carbocycles. The summed E-state index contributed by atoms with van der Waals surface area (Å²) in [4.78, 5) is 55.5. The fraction of sp³-hybridized carbons (Fsp3) is 0.462. The summed E-state index contributed by atoms with van der Waals surface area (Å²) in [6.45, 7) is 1.51. The highest BCUT2D eigenvalue weighted by Gasteiger charge is 2.68. The standard InChI is InChI=1S/C26H31N3O9/c1-10-11-7-6-8-12(30)15(11)20(32)16-14(10)22(38-13(31)9-28(2)3)18-19(29(4)5)21(33)17(25(27)36)24(35)26(18,37)23(16)34/h6-8,10,14,18-19,22,30,33-34,37H,9H2,1-5H3,(H2,27,36)/t10-,14+,18+,19-,22-,26+/m1/s1. The van der Waals surface area contributed by atoms with Gasteiger partial charge in [-0.15, -0.1) is 0 Å². The van der Waals surface area contributed by atoms with Gasteiger partial charge in [0.05, 0.1) is 24.1 Å². The molecule has 1 amide bonds. The van der Waals surface area contributed by atoms with Crippen LogP contribution >= 0.6 is 0 Å². The number of phenolic OH excluding ortho intramolecular Hbond substituents is 1. The number of nitrogens with two attached hydrogens (primary N) is 1. The van der Waals surface area contributed by atoms with Crippen molar-refractivity contribution in [2.45, 2.75) is 30.6 Å². The van der Waals surface area contributed by atoms with E-state index in [-0.39, 0.29) is 17.9 Å². The lowest BCUT2D eigenvalue weighted by atomic mass is 9.55. The summed E-state index contributed by atoms with van der Waals surface area (Å²) < 4.78 is 5.86. The normalized spacial score (nSPS) is 30.8. The molecule has 0 unspecified atom stereocenters. The van der Waals surface area contributed by atoms with Gasteiger partial charge >= 0.3 is 5.97 Å². The van der Waals surface area contributed by atoms with Crippen LogP contribution in [-0.2, 0) is 19.1 Å². The topological polar surface area (TPSA) is 191 Å². The Kier molecular flexibility index (Phi) is 6.63. The van der Waals surface area contributed by atoms with Gasteiger partial charge in [0, 0.05) is 11.5 Å². The highest BCUT2D eigenvalue weighted by Crippen LogP contribution is 2.56. The van der Waals surface area contributed by atoms with E-state index < -0.39 is 81.6 Å². The minimum Gasteiger partial charge on any atom is -0.510 e. The van der Waals surface area contributed by atoms with Crippen molar-refractivity contribution in [2.24, 2.45) is 17.6 Å². The molecule has 204 valence electrons. The van der Waals surface area contributed by atoms with Gasteiger partial charge in [0.2, 0.25) is 5.78 Å². The Balaban J connectivity index is 2.07. The van der Waals surface area contributed by atoms with Gasteiger partial charge in [-0.3, -0.25) is 29.0 Å². The number of nitrogens with zero attached hydrogens (tertiary/aromatic N) is 2. The molecule has 0 aliphatic heterocycles. The van der Waals surface area contributed by atoms with Crippen molar-refractivity contribution >= 4 is 23.4 Å². The van der Waals surface area contributed by atoms with Gasteiger partial charge in [0.25, 0.3) is 5.91 Å². The Labute approximate surface area is 218 Å². The van der Waals surface area contributed by atoms with E-state index in [1.807, 2.05) is 0 Å². The van der Waals surface area contributed by atoms with Crippen molar-refractivity contribution in [2.75, 3.05) is 34.7 Å². The highest BCUT2D eigenvalue weighted by molar-refractivity contribution is 6.25. The van der Waals surface area contributed by atoms with Crippen molar-refractivity contribution < 1.29 is 44.3 Å². The van der Waals surface area contributed by atoms with E-state index in [0.29, 0.717) is 5.56 Å². The van der Waals surface area contributed by atoms with E-state index in [2.05, 4.69) is 0 Å². The zero-order chi connectivity index (χ0) is 28.4.